The van der Waals surface area contributed by atoms with E-state index in [4.69, 9.17) is 0 Å². The maximum absolute atomic E-state index is 13.7. The molecular weight excluding hydrogens is 427 g/mol. The highest BCUT2D eigenvalue weighted by atomic mass is 32.1. The average Bonchev–Trinajstić information content (AvgIpc) is 3.25. The number of nitrogens with zero attached hydrogens (tertiary/aromatic N) is 2. The summed E-state index contributed by atoms with van der Waals surface area (Å²) in [4.78, 5) is 31.0. The van der Waals surface area contributed by atoms with Crippen molar-refractivity contribution < 1.29 is 19.1 Å². The van der Waals surface area contributed by atoms with E-state index in [1.165, 1.54) is 23.3 Å². The lowest BCUT2D eigenvalue weighted by Gasteiger charge is -2.39. The van der Waals surface area contributed by atoms with Crippen LogP contribution in [-0.4, -0.2) is 54.2 Å². The molecule has 1 amide bonds. The number of allylic oxidation sites excluding steroid dienone is 2. The number of piperidine rings is 1. The zero-order valence-electron chi connectivity index (χ0n) is 19.4. The molecule has 0 saturated carbocycles. The second-order valence-electron chi connectivity index (χ2n) is 9.12. The summed E-state index contributed by atoms with van der Waals surface area (Å²) in [5.41, 5.74) is 1.76. The van der Waals surface area contributed by atoms with Gasteiger partial charge in [0.25, 0.3) is 0 Å². The number of thiophene rings is 1. The molecule has 1 saturated heterocycles. The van der Waals surface area contributed by atoms with Crippen LogP contribution in [0.2, 0.25) is 0 Å². The van der Waals surface area contributed by atoms with Gasteiger partial charge in [-0.15, -0.1) is 11.3 Å². The second-order valence-corrected chi connectivity index (χ2v) is 10.2. The van der Waals surface area contributed by atoms with Crippen LogP contribution < -0.4 is 4.90 Å². The van der Waals surface area contributed by atoms with Crippen LogP contribution in [0.1, 0.15) is 86.2 Å². The highest BCUT2D eigenvalue weighted by Gasteiger charge is 2.35. The molecule has 1 aromatic heterocycles. The number of carboxylic acid groups (broad SMARTS) is 1. The van der Waals surface area contributed by atoms with Crippen LogP contribution in [-0.2, 0) is 4.79 Å². The van der Waals surface area contributed by atoms with Gasteiger partial charge in [-0.05, 0) is 56.6 Å². The highest BCUT2D eigenvalue weighted by molar-refractivity contribution is 7.15. The Bertz CT molecular complexity index is 814. The van der Waals surface area contributed by atoms with Gasteiger partial charge in [-0.1, -0.05) is 32.8 Å². The van der Waals surface area contributed by atoms with Crippen molar-refractivity contribution in [1.29, 1.82) is 0 Å². The molecule has 0 radical (unpaired) electrons. The van der Waals surface area contributed by atoms with E-state index in [1.807, 2.05) is 13.0 Å². The minimum atomic E-state index is -0.971. The lowest BCUT2D eigenvalue weighted by molar-refractivity contribution is -0.122. The molecular formula is C25H37FN2O3S. The van der Waals surface area contributed by atoms with E-state index in [0.717, 1.165) is 69.3 Å². The Hall–Kier alpha value is -1.73. The first kappa shape index (κ1) is 24.9. The number of halogens is 1. The Morgan fingerprint density at radius 1 is 1.31 bits per heavy atom. The third-order valence-corrected chi connectivity index (χ3v) is 7.93. The maximum Gasteiger partial charge on any atom is 0.348 e. The van der Waals surface area contributed by atoms with Gasteiger partial charge in [-0.3, -0.25) is 4.79 Å². The number of carboxylic acids is 1. The number of carbonyl (C=O) groups excluding carboxylic acids is 1. The molecule has 5 nitrogen and oxygen atoms in total. The zero-order valence-corrected chi connectivity index (χ0v) is 20.3. The van der Waals surface area contributed by atoms with Crippen LogP contribution >= 0.6 is 11.3 Å². The summed E-state index contributed by atoms with van der Waals surface area (Å²) in [7, 11) is 0. The molecule has 1 aliphatic heterocycles. The first-order valence-electron chi connectivity index (χ1n) is 12.1. The summed E-state index contributed by atoms with van der Waals surface area (Å²) < 4.78 is 12.8. The summed E-state index contributed by atoms with van der Waals surface area (Å²) in [5, 5.41) is 10.0. The van der Waals surface area contributed by atoms with Crippen LogP contribution in [0.15, 0.2) is 12.1 Å². The summed E-state index contributed by atoms with van der Waals surface area (Å²) in [5.74, 6) is -1.11. The van der Waals surface area contributed by atoms with Gasteiger partial charge in [-0.2, -0.15) is 0 Å². The number of aromatic carboxylic acids is 1. The van der Waals surface area contributed by atoms with Crippen molar-refractivity contribution in [2.75, 3.05) is 31.2 Å². The molecule has 0 spiro atoms. The molecule has 1 atom stereocenters. The SMILES string of the molecule is CCCCC(C)C(=O)N(c1cc(C2=CCCCC2)sc1C(=O)O)C1CCN(CCF)CC1. The van der Waals surface area contributed by atoms with E-state index in [2.05, 4.69) is 17.9 Å². The first-order valence-corrected chi connectivity index (χ1v) is 13.0. The van der Waals surface area contributed by atoms with Gasteiger partial charge < -0.3 is 14.9 Å². The summed E-state index contributed by atoms with van der Waals surface area (Å²) in [6.45, 7) is 5.58. The Labute approximate surface area is 195 Å². The van der Waals surface area contributed by atoms with Crippen LogP contribution in [0.4, 0.5) is 10.1 Å². The molecule has 32 heavy (non-hydrogen) atoms. The smallest absolute Gasteiger partial charge is 0.348 e. The number of anilines is 1. The second kappa shape index (κ2) is 11.9. The van der Waals surface area contributed by atoms with Crippen LogP contribution in [0.5, 0.6) is 0 Å². The van der Waals surface area contributed by atoms with Gasteiger partial charge in [0, 0.05) is 36.5 Å². The molecule has 1 aromatic rings. The molecule has 0 bridgehead atoms. The monoisotopic (exact) mass is 464 g/mol. The van der Waals surface area contributed by atoms with Gasteiger partial charge in [0.1, 0.15) is 11.6 Å². The lowest BCUT2D eigenvalue weighted by atomic mass is 9.96. The van der Waals surface area contributed by atoms with Crippen LogP contribution in [0.25, 0.3) is 5.57 Å². The van der Waals surface area contributed by atoms with Crippen molar-refractivity contribution >= 4 is 34.5 Å². The maximum atomic E-state index is 13.7. The van der Waals surface area contributed by atoms with E-state index < -0.39 is 5.97 Å². The predicted molar refractivity (Wildman–Crippen MR) is 129 cm³/mol. The highest BCUT2D eigenvalue weighted by Crippen LogP contribution is 2.40. The van der Waals surface area contributed by atoms with Crippen molar-refractivity contribution in [3.05, 3.63) is 21.9 Å². The summed E-state index contributed by atoms with van der Waals surface area (Å²) in [6.07, 6.45) is 10.8. The molecule has 178 valence electrons. The van der Waals surface area contributed by atoms with Gasteiger partial charge in [0.2, 0.25) is 5.91 Å². The van der Waals surface area contributed by atoms with Crippen molar-refractivity contribution in [3.8, 4) is 0 Å². The largest absolute Gasteiger partial charge is 0.477 e. The fourth-order valence-corrected chi connectivity index (χ4v) is 5.88. The Kier molecular flexibility index (Phi) is 9.29. The molecule has 2 aliphatic rings. The summed E-state index contributed by atoms with van der Waals surface area (Å²) >= 11 is 1.30. The molecule has 1 N–H and O–H groups in total. The zero-order chi connectivity index (χ0) is 23.1. The third-order valence-electron chi connectivity index (χ3n) is 6.75. The van der Waals surface area contributed by atoms with Crippen LogP contribution in [0, 0.1) is 5.92 Å². The number of rotatable bonds is 10. The molecule has 1 unspecified atom stereocenters. The van der Waals surface area contributed by atoms with Gasteiger partial charge in [-0.25, -0.2) is 9.18 Å². The molecule has 0 aromatic carbocycles. The number of hydrogen-bond donors (Lipinski definition) is 1. The minimum Gasteiger partial charge on any atom is -0.477 e. The number of hydrogen-bond acceptors (Lipinski definition) is 4. The third kappa shape index (κ3) is 5.98. The van der Waals surface area contributed by atoms with E-state index in [-0.39, 0.29) is 29.4 Å². The lowest BCUT2D eigenvalue weighted by Crippen LogP contribution is -2.49. The number of amides is 1. The number of unbranched alkanes of at least 4 members (excludes halogenated alkanes) is 1. The van der Waals surface area contributed by atoms with Gasteiger partial charge in [0.05, 0.1) is 5.69 Å². The van der Waals surface area contributed by atoms with Crippen molar-refractivity contribution in [2.45, 2.75) is 77.7 Å². The fourth-order valence-electron chi connectivity index (χ4n) is 4.82. The van der Waals surface area contributed by atoms with E-state index in [9.17, 15) is 19.1 Å². The molecule has 1 aliphatic carbocycles. The standard InChI is InChI=1S/C25H37FN2O3S/c1-3-4-8-18(2)24(29)28(20-11-14-27(15-12-20)16-13-26)21-17-22(32-23(21)25(30)31)19-9-6-5-7-10-19/h9,17-18,20H,3-8,10-16H2,1-2H3,(H,30,31). The fraction of sp³-hybridized carbons (Fsp3) is 0.680. The first-order chi connectivity index (χ1) is 15.5. The quantitative estimate of drug-likeness (QED) is 0.461. The molecule has 7 heteroatoms. The van der Waals surface area contributed by atoms with E-state index in [1.54, 1.807) is 4.90 Å². The van der Waals surface area contributed by atoms with Gasteiger partial charge >= 0.3 is 5.97 Å². The predicted octanol–water partition coefficient (Wildman–Crippen LogP) is 6.00. The van der Waals surface area contributed by atoms with E-state index >= 15 is 0 Å². The normalized spacial score (nSPS) is 18.9. The number of alkyl halides is 1. The van der Waals surface area contributed by atoms with Crippen molar-refractivity contribution in [2.24, 2.45) is 5.92 Å². The van der Waals surface area contributed by atoms with Crippen LogP contribution in [0.3, 0.4) is 0 Å². The topological polar surface area (TPSA) is 60.9 Å². The minimum absolute atomic E-state index is 0.0202. The van der Waals surface area contributed by atoms with E-state index in [0.29, 0.717) is 12.2 Å². The Morgan fingerprint density at radius 2 is 2.06 bits per heavy atom. The Balaban J connectivity index is 1.95. The average molecular weight is 465 g/mol. The number of carbonyl (C=O) groups is 2. The molecule has 1 fully saturated rings. The van der Waals surface area contributed by atoms with Gasteiger partial charge in [0.15, 0.2) is 0 Å². The number of likely N-dealkylation sites (tertiary alicyclic amines) is 1. The van der Waals surface area contributed by atoms with Crippen molar-refractivity contribution in [3.63, 3.8) is 0 Å². The molecule has 2 heterocycles. The van der Waals surface area contributed by atoms with Crippen molar-refractivity contribution in [1.82, 2.24) is 4.90 Å². The Morgan fingerprint density at radius 3 is 2.66 bits per heavy atom. The molecule has 3 rings (SSSR count). The summed E-state index contributed by atoms with van der Waals surface area (Å²) in [6, 6.07) is 1.90.